The Morgan fingerprint density at radius 3 is 2.45 bits per heavy atom. The number of hydrogen-bond donors (Lipinski definition) is 2. The summed E-state index contributed by atoms with van der Waals surface area (Å²) in [5, 5.41) is 9.38. The molecule has 3 heterocycles. The lowest BCUT2D eigenvalue weighted by atomic mass is 9.88. The molecule has 0 bridgehead atoms. The van der Waals surface area contributed by atoms with E-state index >= 15 is 0 Å². The molecule has 1 fully saturated rings. The fourth-order valence-corrected chi connectivity index (χ4v) is 5.78. The summed E-state index contributed by atoms with van der Waals surface area (Å²) in [5.41, 5.74) is 4.17. The molecule has 33 heavy (non-hydrogen) atoms. The van der Waals surface area contributed by atoms with E-state index in [1.54, 1.807) is 24.7 Å². The maximum absolute atomic E-state index is 12.4. The van der Waals surface area contributed by atoms with Crippen LogP contribution in [0.5, 0.6) is 0 Å². The van der Waals surface area contributed by atoms with Gasteiger partial charge in [-0.1, -0.05) is 19.3 Å². The van der Waals surface area contributed by atoms with Gasteiger partial charge in [-0.3, -0.25) is 4.57 Å². The topological polar surface area (TPSA) is 97.6 Å². The van der Waals surface area contributed by atoms with Crippen molar-refractivity contribution in [1.82, 2.24) is 24.5 Å². The predicted molar refractivity (Wildman–Crippen MR) is 137 cm³/mol. The van der Waals surface area contributed by atoms with Crippen LogP contribution in [0, 0.1) is 0 Å². The third kappa shape index (κ3) is 4.39. The first-order valence-electron chi connectivity index (χ1n) is 11.2. The maximum Gasteiger partial charge on any atom is 0.226 e. The first-order chi connectivity index (χ1) is 15.9. The van der Waals surface area contributed by atoms with Crippen LogP contribution in [0.25, 0.3) is 17.0 Å². The SMILES string of the molecule is CNc1nc(Nc2ccc(P(C)(C)=O)cc2)c2nc(C3CCCCC3)n(-c3cscn3)c2n1. The highest BCUT2D eigenvalue weighted by molar-refractivity contribution is 7.70. The highest BCUT2D eigenvalue weighted by Gasteiger charge is 2.27. The number of aromatic nitrogens is 5. The highest BCUT2D eigenvalue weighted by atomic mass is 32.1. The molecule has 0 atom stereocenters. The van der Waals surface area contributed by atoms with E-state index in [1.165, 1.54) is 19.3 Å². The lowest BCUT2D eigenvalue weighted by Gasteiger charge is -2.21. The smallest absolute Gasteiger partial charge is 0.226 e. The van der Waals surface area contributed by atoms with Crippen LogP contribution in [0.15, 0.2) is 35.2 Å². The van der Waals surface area contributed by atoms with Gasteiger partial charge in [0.2, 0.25) is 5.95 Å². The Morgan fingerprint density at radius 2 is 1.82 bits per heavy atom. The summed E-state index contributed by atoms with van der Waals surface area (Å²) in [4.78, 5) is 19.1. The third-order valence-electron chi connectivity index (χ3n) is 6.13. The Labute approximate surface area is 197 Å². The van der Waals surface area contributed by atoms with E-state index in [0.29, 0.717) is 17.7 Å². The van der Waals surface area contributed by atoms with Gasteiger partial charge in [0, 0.05) is 29.3 Å². The van der Waals surface area contributed by atoms with Gasteiger partial charge in [-0.05, 0) is 50.4 Å². The number of hydrogen-bond acceptors (Lipinski definition) is 8. The lowest BCUT2D eigenvalue weighted by Crippen LogP contribution is -2.12. The van der Waals surface area contributed by atoms with E-state index in [0.717, 1.165) is 46.6 Å². The Hall–Kier alpha value is -2.77. The molecule has 1 aliphatic rings. The molecule has 4 aromatic rings. The third-order valence-corrected chi connectivity index (χ3v) is 8.24. The molecule has 3 aromatic heterocycles. The maximum atomic E-state index is 12.4. The zero-order valence-electron chi connectivity index (χ0n) is 19.1. The molecule has 2 N–H and O–H groups in total. The van der Waals surface area contributed by atoms with Gasteiger partial charge in [-0.2, -0.15) is 9.97 Å². The Bertz CT molecular complexity index is 1310. The summed E-state index contributed by atoms with van der Waals surface area (Å²) in [7, 11) is -0.493. The van der Waals surface area contributed by atoms with Crippen molar-refractivity contribution in [1.29, 1.82) is 0 Å². The second-order valence-electron chi connectivity index (χ2n) is 8.83. The quantitative estimate of drug-likeness (QED) is 0.358. The van der Waals surface area contributed by atoms with Crippen LogP contribution in [-0.2, 0) is 4.57 Å². The minimum absolute atomic E-state index is 0.378. The van der Waals surface area contributed by atoms with Gasteiger partial charge in [0.15, 0.2) is 22.8 Å². The van der Waals surface area contributed by atoms with Crippen LogP contribution >= 0.6 is 18.5 Å². The summed E-state index contributed by atoms with van der Waals surface area (Å²) in [6, 6.07) is 7.67. The molecule has 0 aliphatic heterocycles. The van der Waals surface area contributed by atoms with Gasteiger partial charge in [-0.25, -0.2) is 9.97 Å². The zero-order valence-corrected chi connectivity index (χ0v) is 20.8. The van der Waals surface area contributed by atoms with Crippen molar-refractivity contribution < 1.29 is 4.57 Å². The molecule has 172 valence electrons. The Kier molecular flexibility index (Phi) is 5.93. The number of anilines is 3. The number of thiazole rings is 1. The monoisotopic (exact) mass is 481 g/mol. The molecule has 5 rings (SSSR count). The molecule has 1 saturated carbocycles. The summed E-state index contributed by atoms with van der Waals surface area (Å²) in [5.74, 6) is 3.39. The molecular formula is C23H28N7OPS. The van der Waals surface area contributed by atoms with Crippen LogP contribution in [-0.4, -0.2) is 44.9 Å². The fraction of sp³-hybridized carbons (Fsp3) is 0.391. The average molecular weight is 482 g/mol. The molecule has 10 heteroatoms. The number of fused-ring (bicyclic) bond motifs is 1. The van der Waals surface area contributed by atoms with Gasteiger partial charge in [0.05, 0.1) is 5.51 Å². The number of nitrogens with one attached hydrogen (secondary N) is 2. The van der Waals surface area contributed by atoms with E-state index in [9.17, 15) is 4.57 Å². The largest absolute Gasteiger partial charge is 0.357 e. The Balaban J connectivity index is 1.64. The minimum Gasteiger partial charge on any atom is -0.357 e. The highest BCUT2D eigenvalue weighted by Crippen LogP contribution is 2.38. The molecule has 0 spiro atoms. The van der Waals surface area contributed by atoms with Crippen molar-refractivity contribution >= 4 is 52.4 Å². The zero-order chi connectivity index (χ0) is 23.0. The average Bonchev–Trinajstić information content (AvgIpc) is 3.47. The summed E-state index contributed by atoms with van der Waals surface area (Å²) >= 11 is 1.56. The van der Waals surface area contributed by atoms with Crippen molar-refractivity contribution in [3.8, 4) is 5.82 Å². The van der Waals surface area contributed by atoms with Crippen molar-refractivity contribution in [3.05, 3.63) is 41.0 Å². The molecule has 0 radical (unpaired) electrons. The summed E-state index contributed by atoms with van der Waals surface area (Å²) < 4.78 is 14.5. The van der Waals surface area contributed by atoms with E-state index in [1.807, 2.05) is 42.2 Å². The van der Waals surface area contributed by atoms with Crippen LogP contribution in [0.2, 0.25) is 0 Å². The molecule has 1 aliphatic carbocycles. The number of imidazole rings is 1. The van der Waals surface area contributed by atoms with Crippen LogP contribution in [0.1, 0.15) is 43.8 Å². The molecule has 8 nitrogen and oxygen atoms in total. The lowest BCUT2D eigenvalue weighted by molar-refractivity contribution is 0.426. The molecule has 0 saturated heterocycles. The fourth-order valence-electron chi connectivity index (χ4n) is 4.39. The van der Waals surface area contributed by atoms with Crippen molar-refractivity contribution in [2.24, 2.45) is 0 Å². The van der Waals surface area contributed by atoms with Crippen LogP contribution < -0.4 is 15.9 Å². The number of nitrogens with zero attached hydrogens (tertiary/aromatic N) is 5. The van der Waals surface area contributed by atoms with Gasteiger partial charge < -0.3 is 15.2 Å². The van der Waals surface area contributed by atoms with Crippen molar-refractivity contribution in [2.75, 3.05) is 31.0 Å². The Morgan fingerprint density at radius 1 is 1.06 bits per heavy atom. The standard InChI is InChI=1S/C23H28N7OPS/c1-24-23-28-20(26-16-9-11-17(12-10-16)32(2,3)31)19-22(29-23)30(18-13-33-14-25-18)21(27-19)15-7-5-4-6-8-15/h9-15H,4-8H2,1-3H3,(H2,24,26,28,29). The minimum atomic E-state index is -2.30. The molecular weight excluding hydrogens is 453 g/mol. The van der Waals surface area contributed by atoms with Crippen LogP contribution in [0.3, 0.4) is 0 Å². The van der Waals surface area contributed by atoms with E-state index < -0.39 is 7.14 Å². The number of benzene rings is 1. The summed E-state index contributed by atoms with van der Waals surface area (Å²) in [6.45, 7) is 3.56. The summed E-state index contributed by atoms with van der Waals surface area (Å²) in [6.07, 6.45) is 5.96. The number of rotatable bonds is 6. The van der Waals surface area contributed by atoms with E-state index in [-0.39, 0.29) is 0 Å². The van der Waals surface area contributed by atoms with Gasteiger partial charge >= 0.3 is 0 Å². The van der Waals surface area contributed by atoms with Gasteiger partial charge in [-0.15, -0.1) is 11.3 Å². The molecule has 0 unspecified atom stereocenters. The predicted octanol–water partition coefficient (Wildman–Crippen LogP) is 5.35. The van der Waals surface area contributed by atoms with Gasteiger partial charge in [0.25, 0.3) is 0 Å². The van der Waals surface area contributed by atoms with Gasteiger partial charge in [0.1, 0.15) is 13.0 Å². The van der Waals surface area contributed by atoms with Crippen molar-refractivity contribution in [3.63, 3.8) is 0 Å². The van der Waals surface area contributed by atoms with E-state index in [4.69, 9.17) is 9.97 Å². The first-order valence-corrected chi connectivity index (χ1v) is 14.8. The van der Waals surface area contributed by atoms with Crippen molar-refractivity contribution in [2.45, 2.75) is 38.0 Å². The normalized spacial score (nSPS) is 15.1. The second kappa shape index (κ2) is 8.88. The second-order valence-corrected chi connectivity index (χ2v) is 12.8. The molecule has 0 amide bonds. The first kappa shape index (κ1) is 22.0. The van der Waals surface area contributed by atoms with Crippen LogP contribution in [0.4, 0.5) is 17.5 Å². The molecule has 1 aromatic carbocycles. The van der Waals surface area contributed by atoms with E-state index in [2.05, 4.69) is 25.2 Å².